The fraction of sp³-hybridized carbons (Fsp3) is 0.0476. The quantitative estimate of drug-likeness (QED) is 0.656. The Morgan fingerprint density at radius 3 is 2.26 bits per heavy atom. The zero-order valence-electron chi connectivity index (χ0n) is 14.3. The topological polar surface area (TPSA) is 67.4 Å². The molecule has 5 nitrogen and oxygen atoms in total. The highest BCUT2D eigenvalue weighted by Gasteiger charge is 2.14. The number of carbonyl (C=O) groups excluding carboxylic acids is 2. The van der Waals surface area contributed by atoms with Gasteiger partial charge in [0.25, 0.3) is 11.8 Å². The minimum absolute atomic E-state index is 0.249. The fourth-order valence-corrected chi connectivity index (χ4v) is 2.58. The van der Waals surface area contributed by atoms with Crippen LogP contribution < -0.4 is 15.4 Å². The number of hydrogen-bond donors (Lipinski definition) is 2. The normalized spacial score (nSPS) is 10.1. The van der Waals surface area contributed by atoms with Crippen molar-refractivity contribution in [1.82, 2.24) is 0 Å². The molecular formula is C21H17ClN2O3. The molecule has 0 aliphatic carbocycles. The number of benzene rings is 3. The van der Waals surface area contributed by atoms with Crippen LogP contribution in [0.1, 0.15) is 10.4 Å². The summed E-state index contributed by atoms with van der Waals surface area (Å²) in [5, 5.41) is 5.91. The highest BCUT2D eigenvalue weighted by Crippen LogP contribution is 2.22. The molecule has 0 saturated heterocycles. The van der Waals surface area contributed by atoms with Gasteiger partial charge in [-0.2, -0.15) is 0 Å². The zero-order chi connectivity index (χ0) is 19.1. The average Bonchev–Trinajstić information content (AvgIpc) is 2.69. The van der Waals surface area contributed by atoms with Crippen molar-refractivity contribution in [2.24, 2.45) is 0 Å². The maximum atomic E-state index is 12.5. The number of nitrogens with one attached hydrogen (secondary N) is 2. The molecule has 3 aromatic carbocycles. The van der Waals surface area contributed by atoms with Crippen molar-refractivity contribution in [3.05, 3.63) is 89.4 Å². The molecule has 0 heterocycles. The number of ether oxygens (including phenoxy) is 1. The van der Waals surface area contributed by atoms with Crippen molar-refractivity contribution in [3.8, 4) is 5.75 Å². The second kappa shape index (κ2) is 8.87. The third kappa shape index (κ3) is 5.09. The molecule has 0 aliphatic heterocycles. The Morgan fingerprint density at radius 2 is 1.48 bits per heavy atom. The first-order valence-electron chi connectivity index (χ1n) is 8.26. The number of rotatable bonds is 6. The lowest BCUT2D eigenvalue weighted by molar-refractivity contribution is -0.118. The molecule has 3 rings (SSSR count). The molecule has 0 saturated carbocycles. The van der Waals surface area contributed by atoms with Gasteiger partial charge in [-0.3, -0.25) is 9.59 Å². The monoisotopic (exact) mass is 380 g/mol. The number of halogens is 1. The van der Waals surface area contributed by atoms with Crippen LogP contribution in [0.15, 0.2) is 78.9 Å². The summed E-state index contributed by atoms with van der Waals surface area (Å²) < 4.78 is 5.55. The molecule has 2 N–H and O–H groups in total. The molecule has 0 aromatic heterocycles. The molecule has 2 amide bonds. The van der Waals surface area contributed by atoms with Crippen molar-refractivity contribution in [2.45, 2.75) is 0 Å². The molecule has 27 heavy (non-hydrogen) atoms. The summed E-state index contributed by atoms with van der Waals surface area (Å²) in [6.07, 6.45) is 0. The van der Waals surface area contributed by atoms with Gasteiger partial charge >= 0.3 is 0 Å². The van der Waals surface area contributed by atoms with E-state index in [1.165, 1.54) is 0 Å². The van der Waals surface area contributed by atoms with E-state index < -0.39 is 0 Å². The molecule has 0 radical (unpaired) electrons. The molecule has 0 fully saturated rings. The minimum atomic E-state index is -0.374. The van der Waals surface area contributed by atoms with Gasteiger partial charge < -0.3 is 15.4 Å². The van der Waals surface area contributed by atoms with Crippen molar-refractivity contribution in [1.29, 1.82) is 0 Å². The number of anilines is 2. The van der Waals surface area contributed by atoms with E-state index in [0.717, 1.165) is 0 Å². The maximum Gasteiger partial charge on any atom is 0.262 e. The van der Waals surface area contributed by atoms with Crippen molar-refractivity contribution < 1.29 is 14.3 Å². The summed E-state index contributed by atoms with van der Waals surface area (Å²) in [7, 11) is 0. The fourth-order valence-electron chi connectivity index (χ4n) is 2.39. The summed E-state index contributed by atoms with van der Waals surface area (Å²) in [6, 6.07) is 22.8. The smallest absolute Gasteiger partial charge is 0.262 e. The highest BCUT2D eigenvalue weighted by molar-refractivity contribution is 6.33. The standard InChI is InChI=1S/C21H17ClN2O3/c22-17-11-5-6-12-18(17)24-20(25)14-27-19-13-7-4-10-16(19)21(26)23-15-8-2-1-3-9-15/h1-13H,14H2,(H,23,26)(H,24,25). The molecule has 0 spiro atoms. The van der Waals surface area contributed by atoms with E-state index in [2.05, 4.69) is 10.6 Å². The third-order valence-corrected chi connectivity index (χ3v) is 4.00. The van der Waals surface area contributed by atoms with Gasteiger partial charge in [0.1, 0.15) is 5.75 Å². The van der Waals surface area contributed by atoms with Crippen LogP contribution in [0.2, 0.25) is 5.02 Å². The van der Waals surface area contributed by atoms with Gasteiger partial charge in [-0.25, -0.2) is 0 Å². The minimum Gasteiger partial charge on any atom is -0.483 e. The Hall–Kier alpha value is -3.31. The molecular weight excluding hydrogens is 364 g/mol. The molecule has 6 heteroatoms. The van der Waals surface area contributed by atoms with Crippen molar-refractivity contribution >= 4 is 34.8 Å². The van der Waals surface area contributed by atoms with Crippen molar-refractivity contribution in [2.75, 3.05) is 17.2 Å². The Kier molecular flexibility index (Phi) is 6.07. The summed E-state index contributed by atoms with van der Waals surface area (Å²) in [5.41, 5.74) is 1.52. The SMILES string of the molecule is O=C(COc1ccccc1C(=O)Nc1ccccc1)Nc1ccccc1Cl. The molecule has 0 bridgehead atoms. The average molecular weight is 381 g/mol. The van der Waals surface area contributed by atoms with E-state index in [-0.39, 0.29) is 18.4 Å². The highest BCUT2D eigenvalue weighted by atomic mass is 35.5. The Morgan fingerprint density at radius 1 is 0.815 bits per heavy atom. The van der Waals surface area contributed by atoms with Gasteiger partial charge in [-0.05, 0) is 36.4 Å². The first-order valence-corrected chi connectivity index (χ1v) is 8.64. The van der Waals surface area contributed by atoms with Crippen LogP contribution in [0, 0.1) is 0 Å². The van der Waals surface area contributed by atoms with Crippen LogP contribution >= 0.6 is 11.6 Å². The van der Waals surface area contributed by atoms with Crippen molar-refractivity contribution in [3.63, 3.8) is 0 Å². The molecule has 136 valence electrons. The second-order valence-electron chi connectivity index (χ2n) is 5.63. The van der Waals surface area contributed by atoms with Gasteiger partial charge in [-0.1, -0.05) is 54.1 Å². The second-order valence-corrected chi connectivity index (χ2v) is 6.04. The Labute approximate surface area is 161 Å². The number of amides is 2. The van der Waals surface area contributed by atoms with E-state index in [4.69, 9.17) is 16.3 Å². The van der Waals surface area contributed by atoms with Crippen LogP contribution in [0.3, 0.4) is 0 Å². The van der Waals surface area contributed by atoms with Gasteiger partial charge in [0.2, 0.25) is 0 Å². The zero-order valence-corrected chi connectivity index (χ0v) is 15.1. The van der Waals surface area contributed by atoms with Crippen LogP contribution in [0.5, 0.6) is 5.75 Å². The predicted molar refractivity (Wildman–Crippen MR) is 106 cm³/mol. The van der Waals surface area contributed by atoms with Crippen LogP contribution in [0.25, 0.3) is 0 Å². The Balaban J connectivity index is 1.64. The summed E-state index contributed by atoms with van der Waals surface area (Å²) in [6.45, 7) is -0.249. The van der Waals surface area contributed by atoms with Crippen LogP contribution in [0.4, 0.5) is 11.4 Å². The molecule has 0 atom stereocenters. The van der Waals surface area contributed by atoms with Gasteiger partial charge in [0, 0.05) is 5.69 Å². The summed E-state index contributed by atoms with van der Waals surface area (Å²) in [4.78, 5) is 24.6. The van der Waals surface area contributed by atoms with Crippen LogP contribution in [-0.2, 0) is 4.79 Å². The summed E-state index contributed by atoms with van der Waals surface area (Å²) in [5.74, 6) is -0.370. The maximum absolute atomic E-state index is 12.5. The van der Waals surface area contributed by atoms with Gasteiger partial charge in [0.05, 0.1) is 16.3 Å². The lowest BCUT2D eigenvalue weighted by Crippen LogP contribution is -2.21. The number of hydrogen-bond acceptors (Lipinski definition) is 3. The predicted octanol–water partition coefficient (Wildman–Crippen LogP) is 4.61. The largest absolute Gasteiger partial charge is 0.483 e. The van der Waals surface area contributed by atoms with E-state index in [1.54, 1.807) is 60.7 Å². The molecule has 0 aliphatic rings. The lowest BCUT2D eigenvalue weighted by Gasteiger charge is -2.12. The van der Waals surface area contributed by atoms with E-state index >= 15 is 0 Å². The van der Waals surface area contributed by atoms with Gasteiger partial charge in [-0.15, -0.1) is 0 Å². The van der Waals surface area contributed by atoms with E-state index in [0.29, 0.717) is 27.7 Å². The Bertz CT molecular complexity index is 945. The number of para-hydroxylation sites is 3. The first kappa shape index (κ1) is 18.5. The lowest BCUT2D eigenvalue weighted by atomic mass is 10.2. The van der Waals surface area contributed by atoms with E-state index in [9.17, 15) is 9.59 Å². The molecule has 3 aromatic rings. The first-order chi connectivity index (χ1) is 13.1. The third-order valence-electron chi connectivity index (χ3n) is 3.67. The summed E-state index contributed by atoms with van der Waals surface area (Å²) >= 11 is 6.02. The number of carbonyl (C=O) groups is 2. The van der Waals surface area contributed by atoms with Gasteiger partial charge in [0.15, 0.2) is 6.61 Å². The molecule has 0 unspecified atom stereocenters. The van der Waals surface area contributed by atoms with Crippen LogP contribution in [-0.4, -0.2) is 18.4 Å². The van der Waals surface area contributed by atoms with E-state index in [1.807, 2.05) is 18.2 Å².